The van der Waals surface area contributed by atoms with Crippen LogP contribution in [-0.4, -0.2) is 11.1 Å². The Labute approximate surface area is 157 Å². The Morgan fingerprint density at radius 1 is 0.769 bits per heavy atom. The van der Waals surface area contributed by atoms with Gasteiger partial charge in [-0.3, -0.25) is 0 Å². The number of hydrogen-bond donors (Lipinski definition) is 1. The lowest BCUT2D eigenvalue weighted by molar-refractivity contribution is -0.132. The summed E-state index contributed by atoms with van der Waals surface area (Å²) in [7, 11) is 0. The highest BCUT2D eigenvalue weighted by Gasteiger charge is 1.90. The normalized spacial score (nSPS) is 7.73. The van der Waals surface area contributed by atoms with Crippen LogP contribution in [0.5, 0.6) is 0 Å². The van der Waals surface area contributed by atoms with E-state index in [-0.39, 0.29) is 5.57 Å². The van der Waals surface area contributed by atoms with Gasteiger partial charge in [0.05, 0.1) is 0 Å². The summed E-state index contributed by atoms with van der Waals surface area (Å²) >= 11 is 0. The van der Waals surface area contributed by atoms with Crippen LogP contribution in [0.4, 0.5) is 0 Å². The summed E-state index contributed by atoms with van der Waals surface area (Å²) in [4.78, 5) is 9.60. The third-order valence-electron chi connectivity index (χ3n) is 2.60. The highest BCUT2D eigenvalue weighted by molar-refractivity contribution is 5.84. The zero-order chi connectivity index (χ0) is 20.2. The van der Waals surface area contributed by atoms with E-state index in [4.69, 9.17) is 5.11 Å². The average molecular weight is 348 g/mol. The zero-order valence-corrected chi connectivity index (χ0v) is 15.5. The third kappa shape index (κ3) is 17.0. The second kappa shape index (κ2) is 18.0. The zero-order valence-electron chi connectivity index (χ0n) is 15.5. The molecule has 2 aromatic rings. The molecular weight excluding hydrogens is 320 g/mol. The van der Waals surface area contributed by atoms with Crippen molar-refractivity contribution in [3.8, 4) is 0 Å². The van der Waals surface area contributed by atoms with E-state index in [1.165, 1.54) is 18.1 Å². The first kappa shape index (κ1) is 24.9. The van der Waals surface area contributed by atoms with Gasteiger partial charge in [-0.1, -0.05) is 118 Å². The van der Waals surface area contributed by atoms with Crippen molar-refractivity contribution in [1.82, 2.24) is 0 Å². The van der Waals surface area contributed by atoms with Crippen molar-refractivity contribution in [2.45, 2.75) is 6.92 Å². The largest absolute Gasteiger partial charge is 0.478 e. The van der Waals surface area contributed by atoms with Crippen LogP contribution < -0.4 is 0 Å². The predicted octanol–water partition coefficient (Wildman–Crippen LogP) is 6.66. The number of carboxylic acids is 1. The first-order valence-electron chi connectivity index (χ1n) is 7.90. The molecule has 0 saturated carbocycles. The minimum absolute atomic E-state index is 0.176. The molecular formula is C24H28O2. The Balaban J connectivity index is 0. The van der Waals surface area contributed by atoms with Gasteiger partial charge in [-0.15, -0.1) is 0 Å². The highest BCUT2D eigenvalue weighted by atomic mass is 16.4. The molecule has 0 heterocycles. The molecule has 136 valence electrons. The van der Waals surface area contributed by atoms with Crippen LogP contribution in [0.2, 0.25) is 0 Å². The van der Waals surface area contributed by atoms with Crippen molar-refractivity contribution in [1.29, 1.82) is 0 Å². The maximum Gasteiger partial charge on any atom is 0.330 e. The summed E-state index contributed by atoms with van der Waals surface area (Å²) in [6, 6.07) is 20.1. The summed E-state index contributed by atoms with van der Waals surface area (Å²) in [6.07, 6.45) is 6.94. The van der Waals surface area contributed by atoms with E-state index in [1.54, 1.807) is 12.2 Å². The number of carboxylic acid groups (broad SMARTS) is 1. The molecule has 2 aromatic carbocycles. The lowest BCUT2D eigenvalue weighted by atomic mass is 10.2. The number of benzene rings is 2. The molecule has 0 spiro atoms. The standard InChI is InChI=1S/2C8H8.C4H6O2.C4H6/c2*1-2-8-6-4-3-5-7-8;1-3(2)4(5)6;1-3-4-2/h2*2-7H,1H2;1H2,2H3,(H,5,6);3-4H,1-2H2. The predicted molar refractivity (Wildman–Crippen MR) is 116 cm³/mol. The first-order valence-corrected chi connectivity index (χ1v) is 7.90. The Bertz CT molecular complexity index is 606. The molecule has 0 aromatic heterocycles. The van der Waals surface area contributed by atoms with Crippen LogP contribution in [0.3, 0.4) is 0 Å². The van der Waals surface area contributed by atoms with E-state index >= 15 is 0 Å². The molecule has 2 nitrogen and oxygen atoms in total. The van der Waals surface area contributed by atoms with Gasteiger partial charge in [-0.05, 0) is 18.1 Å². The van der Waals surface area contributed by atoms with E-state index in [0.29, 0.717) is 0 Å². The number of hydrogen-bond acceptors (Lipinski definition) is 1. The SMILES string of the molecule is C=C(C)C(=O)O.C=CC=C.C=Cc1ccccc1.C=Cc1ccccc1. The van der Waals surface area contributed by atoms with Gasteiger partial charge >= 0.3 is 5.97 Å². The first-order chi connectivity index (χ1) is 12.4. The Morgan fingerprint density at radius 2 is 1.04 bits per heavy atom. The number of aliphatic carboxylic acids is 1. The molecule has 1 N–H and O–H groups in total. The van der Waals surface area contributed by atoms with Crippen LogP contribution in [0.1, 0.15) is 18.1 Å². The van der Waals surface area contributed by atoms with E-state index in [9.17, 15) is 4.79 Å². The van der Waals surface area contributed by atoms with Crippen molar-refractivity contribution in [3.63, 3.8) is 0 Å². The van der Waals surface area contributed by atoms with Crippen LogP contribution in [0.25, 0.3) is 12.2 Å². The molecule has 0 atom stereocenters. The topological polar surface area (TPSA) is 37.3 Å². The van der Waals surface area contributed by atoms with Gasteiger partial charge < -0.3 is 5.11 Å². The molecule has 26 heavy (non-hydrogen) atoms. The quantitative estimate of drug-likeness (QED) is 0.495. The molecule has 0 fully saturated rings. The number of allylic oxidation sites excluding steroid dienone is 2. The third-order valence-corrected chi connectivity index (χ3v) is 2.60. The van der Waals surface area contributed by atoms with E-state index in [0.717, 1.165) is 0 Å². The summed E-state index contributed by atoms with van der Waals surface area (Å²) in [5, 5.41) is 7.89. The number of carbonyl (C=O) groups is 1. The van der Waals surface area contributed by atoms with Crippen molar-refractivity contribution in [2.24, 2.45) is 0 Å². The summed E-state index contributed by atoms with van der Waals surface area (Å²) in [6.45, 7) is 18.6. The smallest absolute Gasteiger partial charge is 0.330 e. The van der Waals surface area contributed by atoms with Crippen molar-refractivity contribution in [3.05, 3.63) is 122 Å². The fourth-order valence-electron chi connectivity index (χ4n) is 1.18. The Morgan fingerprint density at radius 3 is 1.15 bits per heavy atom. The van der Waals surface area contributed by atoms with Crippen LogP contribution >= 0.6 is 0 Å². The van der Waals surface area contributed by atoms with E-state index in [2.05, 4.69) is 32.9 Å². The van der Waals surface area contributed by atoms with E-state index < -0.39 is 5.97 Å². The molecule has 0 aliphatic heterocycles. The molecule has 2 heteroatoms. The second-order valence-electron chi connectivity index (χ2n) is 4.79. The Kier molecular flexibility index (Phi) is 17.2. The minimum atomic E-state index is -0.935. The van der Waals surface area contributed by atoms with Gasteiger partial charge in [0.15, 0.2) is 0 Å². The molecule has 0 amide bonds. The van der Waals surface area contributed by atoms with Gasteiger partial charge in [0.2, 0.25) is 0 Å². The second-order valence-corrected chi connectivity index (χ2v) is 4.79. The van der Waals surface area contributed by atoms with Crippen LogP contribution in [0.15, 0.2) is 111 Å². The molecule has 0 aliphatic carbocycles. The lowest BCUT2D eigenvalue weighted by Crippen LogP contribution is -1.92. The van der Waals surface area contributed by atoms with Gasteiger partial charge in [0.1, 0.15) is 0 Å². The summed E-state index contributed by atoms with van der Waals surface area (Å²) in [5.41, 5.74) is 2.52. The Hall–Kier alpha value is -3.39. The number of rotatable bonds is 4. The molecule has 0 aliphatic rings. The van der Waals surface area contributed by atoms with Gasteiger partial charge in [-0.2, -0.15) is 0 Å². The van der Waals surface area contributed by atoms with Crippen LogP contribution in [-0.2, 0) is 4.79 Å². The summed E-state index contributed by atoms with van der Waals surface area (Å²) in [5.74, 6) is -0.935. The highest BCUT2D eigenvalue weighted by Crippen LogP contribution is 1.98. The monoisotopic (exact) mass is 348 g/mol. The summed E-state index contributed by atoms with van der Waals surface area (Å²) < 4.78 is 0. The molecule has 2 rings (SSSR count). The maximum atomic E-state index is 9.60. The molecule has 0 radical (unpaired) electrons. The van der Waals surface area contributed by atoms with Crippen molar-refractivity contribution in [2.75, 3.05) is 0 Å². The van der Waals surface area contributed by atoms with Gasteiger partial charge in [0, 0.05) is 5.57 Å². The van der Waals surface area contributed by atoms with E-state index in [1.807, 2.05) is 72.8 Å². The minimum Gasteiger partial charge on any atom is -0.478 e. The van der Waals surface area contributed by atoms with Gasteiger partial charge in [-0.25, -0.2) is 4.79 Å². The molecule has 0 saturated heterocycles. The average Bonchev–Trinajstić information content (AvgIpc) is 2.70. The van der Waals surface area contributed by atoms with Crippen LogP contribution in [0, 0.1) is 0 Å². The van der Waals surface area contributed by atoms with Crippen molar-refractivity contribution < 1.29 is 9.90 Å². The molecule has 0 bridgehead atoms. The van der Waals surface area contributed by atoms with Crippen molar-refractivity contribution >= 4 is 18.1 Å². The fourth-order valence-corrected chi connectivity index (χ4v) is 1.18. The van der Waals surface area contributed by atoms with Gasteiger partial charge in [0.25, 0.3) is 0 Å². The lowest BCUT2D eigenvalue weighted by Gasteiger charge is -1.85. The maximum absolute atomic E-state index is 9.60. The molecule has 0 unspecified atom stereocenters. The fraction of sp³-hybridized carbons (Fsp3) is 0.0417.